The van der Waals surface area contributed by atoms with Gasteiger partial charge in [0.05, 0.1) is 6.42 Å². The summed E-state index contributed by atoms with van der Waals surface area (Å²) in [5.74, 6) is -1.11. The molecule has 4 nitrogen and oxygen atoms in total. The quantitative estimate of drug-likeness (QED) is 0.549. The third kappa shape index (κ3) is 2.07. The molecule has 1 saturated heterocycles. The smallest absolute Gasteiger partial charge is 0.306 e. The zero-order chi connectivity index (χ0) is 12.2. The Morgan fingerprint density at radius 2 is 2.00 bits per heavy atom. The van der Waals surface area contributed by atoms with Gasteiger partial charge in [-0.15, -0.1) is 3.89 Å². The van der Waals surface area contributed by atoms with Crippen LogP contribution in [0.15, 0.2) is 0 Å². The summed E-state index contributed by atoms with van der Waals surface area (Å²) < 4.78 is 38.8. The molecule has 2 fully saturated rings. The molecule has 6 heteroatoms. The summed E-state index contributed by atoms with van der Waals surface area (Å²) in [5.41, 5.74) is -0.355. The number of rotatable bonds is 2. The van der Waals surface area contributed by atoms with Crippen molar-refractivity contribution in [1.82, 2.24) is 0 Å². The van der Waals surface area contributed by atoms with Crippen molar-refractivity contribution in [2.45, 2.75) is 39.2 Å². The van der Waals surface area contributed by atoms with Crippen molar-refractivity contribution in [2.75, 3.05) is 5.75 Å². The summed E-state index contributed by atoms with van der Waals surface area (Å²) in [7, 11) is -4.59. The molecule has 2 aliphatic rings. The van der Waals surface area contributed by atoms with E-state index in [1.165, 1.54) is 0 Å². The first-order valence-corrected chi connectivity index (χ1v) is 6.79. The number of hydrogen-bond acceptors (Lipinski definition) is 4. The van der Waals surface area contributed by atoms with Gasteiger partial charge in [0.2, 0.25) is 0 Å². The molecule has 0 N–H and O–H groups in total. The van der Waals surface area contributed by atoms with Gasteiger partial charge in [0, 0.05) is 5.41 Å². The molecule has 16 heavy (non-hydrogen) atoms. The molecule has 0 aromatic rings. The molecular weight excluding hydrogens is 235 g/mol. The van der Waals surface area contributed by atoms with Crippen LogP contribution in [0.5, 0.6) is 0 Å². The first-order valence-electron chi connectivity index (χ1n) is 5.24. The molecule has 1 atom stereocenters. The second kappa shape index (κ2) is 3.18. The Bertz CT molecular complexity index is 418. The number of ether oxygens (including phenoxy) is 1. The summed E-state index contributed by atoms with van der Waals surface area (Å²) in [6.45, 7) is 4.09. The van der Waals surface area contributed by atoms with E-state index in [0.29, 0.717) is 12.8 Å². The highest BCUT2D eigenvalue weighted by Gasteiger charge is 2.60. The van der Waals surface area contributed by atoms with Crippen LogP contribution in [0.4, 0.5) is 3.89 Å². The van der Waals surface area contributed by atoms with Gasteiger partial charge in [-0.25, -0.2) is 0 Å². The van der Waals surface area contributed by atoms with Gasteiger partial charge in [-0.1, -0.05) is 13.8 Å². The van der Waals surface area contributed by atoms with Gasteiger partial charge in [0.25, 0.3) is 0 Å². The van der Waals surface area contributed by atoms with Crippen molar-refractivity contribution in [3.8, 4) is 0 Å². The van der Waals surface area contributed by atoms with E-state index >= 15 is 0 Å². The number of esters is 1. The van der Waals surface area contributed by atoms with Crippen molar-refractivity contribution in [1.29, 1.82) is 0 Å². The molecule has 0 radical (unpaired) electrons. The van der Waals surface area contributed by atoms with Crippen molar-refractivity contribution >= 4 is 16.2 Å². The van der Waals surface area contributed by atoms with Crippen LogP contribution in [-0.2, 0) is 19.8 Å². The molecule has 2 rings (SSSR count). The minimum absolute atomic E-state index is 0.0896. The highest BCUT2D eigenvalue weighted by atomic mass is 32.3. The van der Waals surface area contributed by atoms with Gasteiger partial charge >= 0.3 is 16.2 Å². The Balaban J connectivity index is 2.16. The Morgan fingerprint density at radius 3 is 2.44 bits per heavy atom. The molecule has 1 heterocycles. The van der Waals surface area contributed by atoms with E-state index < -0.39 is 33.5 Å². The van der Waals surface area contributed by atoms with Crippen molar-refractivity contribution < 1.29 is 21.8 Å². The van der Waals surface area contributed by atoms with Crippen molar-refractivity contribution in [3.63, 3.8) is 0 Å². The standard InChI is InChI=1S/C10H15FO4S/c1-9(2)5-10(6-9)3-8(12)15-7(10)4-16(11,13)14/h7H,3-6H2,1-2H3. The highest BCUT2D eigenvalue weighted by molar-refractivity contribution is 7.86. The van der Waals surface area contributed by atoms with E-state index in [-0.39, 0.29) is 11.8 Å². The predicted molar refractivity (Wildman–Crippen MR) is 54.8 cm³/mol. The van der Waals surface area contributed by atoms with E-state index in [0.717, 1.165) is 0 Å². The zero-order valence-corrected chi connectivity index (χ0v) is 10.1. The van der Waals surface area contributed by atoms with Crippen LogP contribution in [0.3, 0.4) is 0 Å². The molecule has 1 aliphatic carbocycles. The Morgan fingerprint density at radius 1 is 1.44 bits per heavy atom. The minimum atomic E-state index is -4.59. The summed E-state index contributed by atoms with van der Waals surface area (Å²) in [4.78, 5) is 11.2. The van der Waals surface area contributed by atoms with Crippen LogP contribution >= 0.6 is 0 Å². The minimum Gasteiger partial charge on any atom is -0.461 e. The molecule has 1 aliphatic heterocycles. The molecule has 0 amide bonds. The molecule has 0 aromatic carbocycles. The summed E-state index contributed by atoms with van der Waals surface area (Å²) in [6, 6.07) is 0. The van der Waals surface area contributed by atoms with Crippen LogP contribution < -0.4 is 0 Å². The van der Waals surface area contributed by atoms with Gasteiger partial charge in [0.1, 0.15) is 11.9 Å². The van der Waals surface area contributed by atoms with Crippen molar-refractivity contribution in [2.24, 2.45) is 10.8 Å². The van der Waals surface area contributed by atoms with Crippen LogP contribution in [0.1, 0.15) is 33.1 Å². The summed E-state index contributed by atoms with van der Waals surface area (Å²) >= 11 is 0. The fourth-order valence-corrected chi connectivity index (χ4v) is 4.11. The lowest BCUT2D eigenvalue weighted by Gasteiger charge is -2.52. The predicted octanol–water partition coefficient (Wildman–Crippen LogP) is 1.41. The number of carbonyl (C=O) groups excluding carboxylic acids is 1. The normalized spacial score (nSPS) is 31.2. The van der Waals surface area contributed by atoms with E-state index in [1.54, 1.807) is 0 Å². The molecule has 0 aromatic heterocycles. The Labute approximate surface area is 94.4 Å². The fraction of sp³-hybridized carbons (Fsp3) is 0.900. The van der Waals surface area contributed by atoms with E-state index in [9.17, 15) is 17.1 Å². The maximum absolute atomic E-state index is 12.6. The summed E-state index contributed by atoms with van der Waals surface area (Å²) in [5, 5.41) is 0. The van der Waals surface area contributed by atoms with Crippen LogP contribution in [0, 0.1) is 10.8 Å². The maximum Gasteiger partial charge on any atom is 0.306 e. The molecule has 1 saturated carbocycles. The maximum atomic E-state index is 12.6. The lowest BCUT2D eigenvalue weighted by atomic mass is 9.52. The zero-order valence-electron chi connectivity index (χ0n) is 9.32. The van der Waals surface area contributed by atoms with Crippen LogP contribution in [0.25, 0.3) is 0 Å². The van der Waals surface area contributed by atoms with Gasteiger partial charge in [-0.05, 0) is 18.3 Å². The van der Waals surface area contributed by atoms with Gasteiger partial charge in [-0.2, -0.15) is 8.42 Å². The third-order valence-electron chi connectivity index (χ3n) is 3.46. The van der Waals surface area contributed by atoms with Crippen LogP contribution in [-0.4, -0.2) is 26.2 Å². The second-order valence-corrected chi connectivity index (χ2v) is 7.15. The highest BCUT2D eigenvalue weighted by Crippen LogP contribution is 2.61. The second-order valence-electron chi connectivity index (χ2n) is 5.74. The monoisotopic (exact) mass is 250 g/mol. The Hall–Kier alpha value is -0.650. The van der Waals surface area contributed by atoms with Gasteiger partial charge in [0.15, 0.2) is 0 Å². The first-order chi connectivity index (χ1) is 7.12. The number of carbonyl (C=O) groups is 1. The van der Waals surface area contributed by atoms with Crippen molar-refractivity contribution in [3.05, 3.63) is 0 Å². The molecule has 1 spiro atoms. The van der Waals surface area contributed by atoms with Gasteiger partial charge < -0.3 is 4.74 Å². The number of halogens is 1. The molecular formula is C10H15FO4S. The van der Waals surface area contributed by atoms with E-state index in [1.807, 2.05) is 13.8 Å². The summed E-state index contributed by atoms with van der Waals surface area (Å²) in [6.07, 6.45) is 0.845. The van der Waals surface area contributed by atoms with Gasteiger partial charge in [-0.3, -0.25) is 4.79 Å². The fourth-order valence-electron chi connectivity index (χ4n) is 3.33. The topological polar surface area (TPSA) is 60.4 Å². The lowest BCUT2D eigenvalue weighted by molar-refractivity contribution is -0.141. The first kappa shape index (κ1) is 11.8. The number of cyclic esters (lactones) is 1. The third-order valence-corrected chi connectivity index (χ3v) is 4.17. The van der Waals surface area contributed by atoms with Crippen LogP contribution in [0.2, 0.25) is 0 Å². The van der Waals surface area contributed by atoms with E-state index in [2.05, 4.69) is 0 Å². The SMILES string of the molecule is CC1(C)CC2(CC(=O)OC2CS(=O)(=O)F)C1. The Kier molecular flexibility index (Phi) is 2.35. The largest absolute Gasteiger partial charge is 0.461 e. The average Bonchev–Trinajstić information content (AvgIpc) is 2.20. The van der Waals surface area contributed by atoms with E-state index in [4.69, 9.17) is 4.74 Å². The molecule has 1 unspecified atom stereocenters. The molecule has 92 valence electrons. The number of hydrogen-bond donors (Lipinski definition) is 0. The lowest BCUT2D eigenvalue weighted by Crippen LogP contribution is -2.50. The average molecular weight is 250 g/mol. The molecule has 0 bridgehead atoms.